The maximum absolute atomic E-state index is 13.1. The third kappa shape index (κ3) is 3.74. The summed E-state index contributed by atoms with van der Waals surface area (Å²) in [6, 6.07) is 0.268. The monoisotopic (exact) mass is 351 g/mol. The summed E-state index contributed by atoms with van der Waals surface area (Å²) in [5.74, 6) is 0.111. The van der Waals surface area contributed by atoms with Crippen molar-refractivity contribution in [3.8, 4) is 0 Å². The first kappa shape index (κ1) is 16.4. The van der Waals surface area contributed by atoms with E-state index in [1.165, 1.54) is 42.4 Å². The van der Waals surface area contributed by atoms with Gasteiger partial charge in [0.25, 0.3) is 0 Å². The summed E-state index contributed by atoms with van der Waals surface area (Å²) < 4.78 is 1.84. The molecule has 1 aliphatic rings. The molecular formula is C15H21N5OS2. The van der Waals surface area contributed by atoms with Crippen LogP contribution in [0.2, 0.25) is 0 Å². The van der Waals surface area contributed by atoms with Crippen molar-refractivity contribution < 1.29 is 4.79 Å². The van der Waals surface area contributed by atoms with Crippen molar-refractivity contribution in [3.05, 3.63) is 17.9 Å². The molecule has 0 saturated heterocycles. The summed E-state index contributed by atoms with van der Waals surface area (Å²) in [5, 5.41) is 11.2. The molecule has 8 heteroatoms. The number of aromatic nitrogens is 4. The normalized spacial score (nSPS) is 17.1. The van der Waals surface area contributed by atoms with Crippen molar-refractivity contribution in [2.75, 3.05) is 4.90 Å². The highest BCUT2D eigenvalue weighted by molar-refractivity contribution is 8.00. The Morgan fingerprint density at radius 3 is 2.83 bits per heavy atom. The van der Waals surface area contributed by atoms with E-state index in [1.807, 2.05) is 28.8 Å². The number of amides is 1. The third-order valence-corrected chi connectivity index (χ3v) is 6.01. The summed E-state index contributed by atoms with van der Waals surface area (Å²) in [6.07, 6.45) is 9.18. The van der Waals surface area contributed by atoms with Gasteiger partial charge in [-0.1, -0.05) is 31.0 Å². The van der Waals surface area contributed by atoms with E-state index in [0.717, 1.165) is 23.1 Å². The Morgan fingerprint density at radius 1 is 1.43 bits per heavy atom. The van der Waals surface area contributed by atoms with E-state index in [9.17, 15) is 4.79 Å². The van der Waals surface area contributed by atoms with Crippen LogP contribution in [-0.4, -0.2) is 36.9 Å². The molecule has 23 heavy (non-hydrogen) atoms. The molecule has 0 bridgehead atoms. The average Bonchev–Trinajstić information content (AvgIpc) is 3.21. The fourth-order valence-electron chi connectivity index (χ4n) is 2.89. The van der Waals surface area contributed by atoms with Crippen LogP contribution in [0, 0.1) is 0 Å². The number of thioether (sulfide) groups is 1. The van der Waals surface area contributed by atoms with Crippen LogP contribution in [0.1, 0.15) is 39.0 Å². The highest BCUT2D eigenvalue weighted by atomic mass is 32.2. The van der Waals surface area contributed by atoms with Crippen LogP contribution in [0.4, 0.5) is 5.13 Å². The molecular weight excluding hydrogens is 330 g/mol. The second kappa shape index (κ2) is 7.44. The number of hydrogen-bond donors (Lipinski definition) is 0. The molecule has 2 heterocycles. The molecule has 0 radical (unpaired) electrons. The maximum atomic E-state index is 13.1. The molecule has 1 saturated carbocycles. The Labute approximate surface area is 144 Å². The van der Waals surface area contributed by atoms with Gasteiger partial charge in [-0.25, -0.2) is 4.98 Å². The minimum Gasteiger partial charge on any atom is -0.312 e. The molecule has 2 aromatic rings. The highest BCUT2D eigenvalue weighted by Gasteiger charge is 2.32. The number of hydrogen-bond acceptors (Lipinski definition) is 6. The number of thiazole rings is 1. The van der Waals surface area contributed by atoms with Crippen molar-refractivity contribution in [2.24, 2.45) is 7.05 Å². The van der Waals surface area contributed by atoms with Crippen LogP contribution in [0.3, 0.4) is 0 Å². The summed E-state index contributed by atoms with van der Waals surface area (Å²) in [7, 11) is 1.89. The van der Waals surface area contributed by atoms with Gasteiger partial charge in [-0.05, 0) is 19.8 Å². The highest BCUT2D eigenvalue weighted by Crippen LogP contribution is 2.32. The second-order valence-electron chi connectivity index (χ2n) is 5.80. The van der Waals surface area contributed by atoms with Gasteiger partial charge in [-0.3, -0.25) is 9.69 Å². The van der Waals surface area contributed by atoms with Crippen LogP contribution in [0.15, 0.2) is 23.1 Å². The molecule has 124 valence electrons. The summed E-state index contributed by atoms with van der Waals surface area (Å²) >= 11 is 2.98. The standard InChI is InChI=1S/C15H21N5OS2/c1-11(23-15-18-17-10-19(15)2)13(21)20(14-16-8-9-22-14)12-6-4-3-5-7-12/h8-12H,3-7H2,1-2H3/t11-/m0/s1. The van der Waals surface area contributed by atoms with Gasteiger partial charge >= 0.3 is 0 Å². The molecule has 1 atom stereocenters. The smallest absolute Gasteiger partial charge is 0.242 e. The van der Waals surface area contributed by atoms with Gasteiger partial charge in [0.05, 0.1) is 5.25 Å². The van der Waals surface area contributed by atoms with Gasteiger partial charge in [-0.15, -0.1) is 21.5 Å². The molecule has 2 aromatic heterocycles. The fourth-order valence-corrected chi connectivity index (χ4v) is 4.44. The lowest BCUT2D eigenvalue weighted by Gasteiger charge is -2.33. The Balaban J connectivity index is 1.78. The van der Waals surface area contributed by atoms with E-state index in [-0.39, 0.29) is 17.2 Å². The second-order valence-corrected chi connectivity index (χ2v) is 7.98. The van der Waals surface area contributed by atoms with Crippen molar-refractivity contribution >= 4 is 34.1 Å². The van der Waals surface area contributed by atoms with Crippen LogP contribution in [0.25, 0.3) is 0 Å². The number of carbonyl (C=O) groups is 1. The lowest BCUT2D eigenvalue weighted by molar-refractivity contribution is -0.118. The van der Waals surface area contributed by atoms with Gasteiger partial charge in [0, 0.05) is 24.7 Å². The number of anilines is 1. The minimum absolute atomic E-state index is 0.111. The van der Waals surface area contributed by atoms with Gasteiger partial charge in [-0.2, -0.15) is 0 Å². The first-order chi connectivity index (χ1) is 11.2. The lowest BCUT2D eigenvalue weighted by Crippen LogP contribution is -2.45. The first-order valence-corrected chi connectivity index (χ1v) is 9.66. The van der Waals surface area contributed by atoms with E-state index < -0.39 is 0 Å². The number of rotatable bonds is 5. The first-order valence-electron chi connectivity index (χ1n) is 7.90. The van der Waals surface area contributed by atoms with Crippen molar-refractivity contribution in [1.29, 1.82) is 0 Å². The Morgan fingerprint density at radius 2 is 2.22 bits per heavy atom. The summed E-state index contributed by atoms with van der Waals surface area (Å²) in [6.45, 7) is 1.94. The Hall–Kier alpha value is -1.41. The average molecular weight is 352 g/mol. The topological polar surface area (TPSA) is 63.9 Å². The number of nitrogens with zero attached hydrogens (tertiary/aromatic N) is 5. The Bertz CT molecular complexity index is 636. The van der Waals surface area contributed by atoms with E-state index in [0.29, 0.717) is 0 Å². The molecule has 3 rings (SSSR count). The Kier molecular flexibility index (Phi) is 5.32. The zero-order chi connectivity index (χ0) is 16.2. The molecule has 0 aliphatic heterocycles. The number of carbonyl (C=O) groups excluding carboxylic acids is 1. The van der Waals surface area contributed by atoms with Crippen LogP contribution >= 0.6 is 23.1 Å². The van der Waals surface area contributed by atoms with E-state index in [1.54, 1.807) is 12.5 Å². The predicted octanol–water partition coefficient (Wildman–Crippen LogP) is 3.12. The quantitative estimate of drug-likeness (QED) is 0.775. The lowest BCUT2D eigenvalue weighted by atomic mass is 9.94. The molecule has 0 unspecified atom stereocenters. The maximum Gasteiger partial charge on any atom is 0.242 e. The molecule has 6 nitrogen and oxygen atoms in total. The van der Waals surface area contributed by atoms with Gasteiger partial charge in [0.2, 0.25) is 5.91 Å². The SMILES string of the molecule is C[C@H](Sc1nncn1C)C(=O)N(c1nccs1)C1CCCCC1. The van der Waals surface area contributed by atoms with Crippen LogP contribution in [0.5, 0.6) is 0 Å². The summed E-state index contributed by atoms with van der Waals surface area (Å²) in [4.78, 5) is 19.4. The van der Waals surface area contributed by atoms with E-state index in [4.69, 9.17) is 0 Å². The van der Waals surface area contributed by atoms with E-state index in [2.05, 4.69) is 15.2 Å². The third-order valence-electron chi connectivity index (χ3n) is 4.10. The van der Waals surface area contributed by atoms with Crippen LogP contribution in [-0.2, 0) is 11.8 Å². The zero-order valence-electron chi connectivity index (χ0n) is 13.4. The molecule has 0 aromatic carbocycles. The minimum atomic E-state index is -0.219. The van der Waals surface area contributed by atoms with E-state index >= 15 is 0 Å². The molecule has 1 amide bonds. The fraction of sp³-hybridized carbons (Fsp3) is 0.600. The van der Waals surface area contributed by atoms with Gasteiger partial charge in [0.1, 0.15) is 6.33 Å². The van der Waals surface area contributed by atoms with Gasteiger partial charge < -0.3 is 4.57 Å². The molecule has 1 aliphatic carbocycles. The molecule has 1 fully saturated rings. The zero-order valence-corrected chi connectivity index (χ0v) is 15.0. The molecule has 0 N–H and O–H groups in total. The number of aryl methyl sites for hydroxylation is 1. The van der Waals surface area contributed by atoms with Crippen molar-refractivity contribution in [1.82, 2.24) is 19.7 Å². The summed E-state index contributed by atoms with van der Waals surface area (Å²) in [5.41, 5.74) is 0. The molecule has 0 spiro atoms. The largest absolute Gasteiger partial charge is 0.312 e. The van der Waals surface area contributed by atoms with Crippen molar-refractivity contribution in [3.63, 3.8) is 0 Å². The van der Waals surface area contributed by atoms with Crippen molar-refractivity contribution in [2.45, 2.75) is 55.5 Å². The van der Waals surface area contributed by atoms with Gasteiger partial charge in [0.15, 0.2) is 10.3 Å². The van der Waals surface area contributed by atoms with Crippen LogP contribution < -0.4 is 4.90 Å². The predicted molar refractivity (Wildman–Crippen MR) is 92.8 cm³/mol.